The smallest absolute Gasteiger partial charge is 0.196 e. The van der Waals surface area contributed by atoms with Crippen molar-refractivity contribution in [1.29, 1.82) is 0 Å². The Hall–Kier alpha value is -11.9. The molecule has 18 aromatic rings. The predicted octanol–water partition coefficient (Wildman–Crippen LogP) is 29.8. The molecule has 0 unspecified atom stereocenters. The second-order valence-corrected chi connectivity index (χ2v) is 38.3. The molecule has 32 heteroatoms. The molecule has 0 spiro atoms. The van der Waals surface area contributed by atoms with E-state index in [-0.39, 0.29) is 50.7 Å². The molecule has 2 saturated carbocycles. The van der Waals surface area contributed by atoms with Gasteiger partial charge in [0.1, 0.15) is 122 Å². The van der Waals surface area contributed by atoms with Gasteiger partial charge in [0.25, 0.3) is 0 Å². The highest BCUT2D eigenvalue weighted by Crippen LogP contribution is 2.46. The Morgan fingerprint density at radius 1 is 0.279 bits per heavy atom. The van der Waals surface area contributed by atoms with Crippen LogP contribution in [0.25, 0.3) is 81.1 Å². The van der Waals surface area contributed by atoms with Crippen LogP contribution in [0.1, 0.15) is 127 Å². The molecule has 5 N–H and O–H groups in total. The zero-order valence-electron chi connectivity index (χ0n) is 72.5. The van der Waals surface area contributed by atoms with Gasteiger partial charge < -0.3 is 26.6 Å². The average Bonchev–Trinajstić information content (AvgIpc) is 1.62. The van der Waals surface area contributed by atoms with Crippen molar-refractivity contribution in [2.45, 2.75) is 160 Å². The van der Waals surface area contributed by atoms with Gasteiger partial charge in [-0.15, -0.1) is 56.7 Å². The Labute approximate surface area is 762 Å². The van der Waals surface area contributed by atoms with E-state index in [0.29, 0.717) is 83.8 Å². The molecular weight excluding hydrogens is 1780 g/mol. The fourth-order valence-corrected chi connectivity index (χ4v) is 21.4. The van der Waals surface area contributed by atoms with E-state index < -0.39 is 58.2 Å². The SMILES string of the molecule is Cc1cccc(C)c1Nc1c(-c2c(F)cccc2F)nc2sc(C)c(C)n12.Cc1cccc(Cl)c1Nc1c(-c2c(F)cccc2F)nc2sc(C)c(C)n12.Cc1sc2nc(-c3c(F)cccc3F)c(NC3CCCC3)n2c1C.Cc1sc2nc(-c3c(F)cccc3F)c(NC3CCCCC3)n2c1C.Cc1sc2nc(-c3c(F)cccc3F)c(Nc3ccc(F)cc3)n2c1C. The van der Waals surface area contributed by atoms with E-state index in [4.69, 9.17) is 11.6 Å². The highest BCUT2D eigenvalue weighted by Gasteiger charge is 2.32. The molecule has 8 aromatic carbocycles. The summed E-state index contributed by atoms with van der Waals surface area (Å²) in [5.74, 6) is -3.68. The summed E-state index contributed by atoms with van der Waals surface area (Å²) in [5, 5.41) is 17.4. The molecule has 0 amide bonds. The highest BCUT2D eigenvalue weighted by molar-refractivity contribution is 7.18. The first-order valence-electron chi connectivity index (χ1n) is 41.9. The first-order chi connectivity index (χ1) is 61.8. The van der Waals surface area contributed by atoms with Crippen LogP contribution >= 0.6 is 68.3 Å². The second kappa shape index (κ2) is 37.7. The number of thiazole rings is 5. The van der Waals surface area contributed by atoms with Gasteiger partial charge in [-0.1, -0.05) is 104 Å². The van der Waals surface area contributed by atoms with Gasteiger partial charge >= 0.3 is 0 Å². The van der Waals surface area contributed by atoms with Gasteiger partial charge in [0.15, 0.2) is 24.8 Å². The molecule has 20 rings (SSSR count). The Kier molecular flexibility index (Phi) is 26.4. The normalized spacial score (nSPS) is 13.0. The van der Waals surface area contributed by atoms with Crippen LogP contribution in [0.2, 0.25) is 5.02 Å². The molecule has 129 heavy (non-hydrogen) atoms. The Bertz CT molecular complexity index is 6950. The molecule has 15 nitrogen and oxygen atoms in total. The number of aryl methyl sites for hydroxylation is 13. The molecule has 2 fully saturated rings. The Morgan fingerprint density at radius 2 is 0.512 bits per heavy atom. The lowest BCUT2D eigenvalue weighted by Crippen LogP contribution is -2.23. The molecule has 0 atom stereocenters. The van der Waals surface area contributed by atoms with E-state index in [0.717, 1.165) is 111 Å². The summed E-state index contributed by atoms with van der Waals surface area (Å²) in [6, 6.07) is 37.2. The first kappa shape index (κ1) is 90.5. The third-order valence-electron chi connectivity index (χ3n) is 23.6. The maximum absolute atomic E-state index is 14.5. The number of hydrogen-bond acceptors (Lipinski definition) is 15. The molecule has 0 aliphatic heterocycles. The number of imidazole rings is 5. The number of anilines is 8. The van der Waals surface area contributed by atoms with Gasteiger partial charge in [-0.3, -0.25) is 22.0 Å². The summed E-state index contributed by atoms with van der Waals surface area (Å²) in [5.41, 5.74) is 11.1. The lowest BCUT2D eigenvalue weighted by molar-refractivity contribution is 0.461. The molecule has 2 aliphatic carbocycles. The zero-order chi connectivity index (χ0) is 91.4. The third kappa shape index (κ3) is 17.8. The summed E-state index contributed by atoms with van der Waals surface area (Å²) in [6.45, 7) is 25.9. The van der Waals surface area contributed by atoms with Crippen molar-refractivity contribution in [3.8, 4) is 56.3 Å². The topological polar surface area (TPSA) is 147 Å². The van der Waals surface area contributed by atoms with Crippen LogP contribution < -0.4 is 26.6 Å². The lowest BCUT2D eigenvalue weighted by Gasteiger charge is -2.24. The van der Waals surface area contributed by atoms with Crippen LogP contribution in [0.3, 0.4) is 0 Å². The summed E-state index contributed by atoms with van der Waals surface area (Å²) in [4.78, 5) is 31.8. The number of para-hydroxylation sites is 2. The zero-order valence-corrected chi connectivity index (χ0v) is 77.3. The highest BCUT2D eigenvalue weighted by atomic mass is 35.5. The number of fused-ring (bicyclic) bond motifs is 5. The van der Waals surface area contributed by atoms with Crippen LogP contribution in [-0.2, 0) is 0 Å². The molecule has 666 valence electrons. The van der Waals surface area contributed by atoms with E-state index in [1.807, 2.05) is 142 Å². The van der Waals surface area contributed by atoms with Gasteiger partial charge in [-0.05, 0) is 223 Å². The van der Waals surface area contributed by atoms with Gasteiger partial charge in [-0.2, -0.15) is 0 Å². The quantitative estimate of drug-likeness (QED) is 0.0629. The third-order valence-corrected chi connectivity index (χ3v) is 29.2. The molecule has 10 heterocycles. The van der Waals surface area contributed by atoms with Crippen molar-refractivity contribution >= 4 is 139 Å². The minimum atomic E-state index is -0.688. The maximum atomic E-state index is 14.5. The largest absolute Gasteiger partial charge is 0.367 e. The van der Waals surface area contributed by atoms with E-state index in [1.54, 1.807) is 40.9 Å². The average molecular weight is 1870 g/mol. The molecule has 10 aromatic heterocycles. The van der Waals surface area contributed by atoms with Crippen LogP contribution in [0, 0.1) is 154 Å². The summed E-state index contributed by atoms with van der Waals surface area (Å²) >= 11 is 13.9. The van der Waals surface area contributed by atoms with Gasteiger partial charge in [0.05, 0.1) is 38.5 Å². The molecule has 2 aliphatic rings. The summed E-state index contributed by atoms with van der Waals surface area (Å²) < 4.78 is 167. The van der Waals surface area contributed by atoms with E-state index in [2.05, 4.69) is 51.5 Å². The lowest BCUT2D eigenvalue weighted by atomic mass is 9.95. The molecule has 0 bridgehead atoms. The number of rotatable bonds is 15. The Balaban J connectivity index is 0.000000118. The minimum Gasteiger partial charge on any atom is -0.367 e. The van der Waals surface area contributed by atoms with E-state index >= 15 is 0 Å². The van der Waals surface area contributed by atoms with Gasteiger partial charge in [-0.25, -0.2) is 73.2 Å². The monoisotopic (exact) mass is 1870 g/mol. The van der Waals surface area contributed by atoms with Crippen LogP contribution in [0.5, 0.6) is 0 Å². The summed E-state index contributed by atoms with van der Waals surface area (Å²) in [6.07, 6.45) is 10.3. The molecular formula is C97H89ClF11N15S5. The number of benzene rings is 8. The number of hydrogen-bond donors (Lipinski definition) is 5. The van der Waals surface area contributed by atoms with E-state index in [1.165, 1.54) is 169 Å². The fraction of sp³-hybridized carbons (Fsp3) is 0.247. The van der Waals surface area contributed by atoms with E-state index in [9.17, 15) is 48.3 Å². The maximum Gasteiger partial charge on any atom is 0.196 e. The standard InChI is InChI=1S/C21H19F2N3S.C20H16ClF2N3S.C19H14F3N3S.C19H21F2N3S.C18H19F2N3S/c1-11-7-5-8-12(2)18(11)24-20-19(17-15(22)9-6-10-16(17)23)25-21-26(20)13(3)14(4)27-21;1-10-6-4-7-13(21)17(10)24-19-18(16-14(22)8-5-9-15(16)23)25-20-26(19)11(2)12(3)27-20;1-10-11(2)26-19-24-17(16-14(21)4-3-5-15(16)22)18(25(10)19)23-13-8-6-12(20)7-9-13;1-11-12(2)25-19-23-17(16-14(20)9-6-10-15(16)21)18(24(11)19)22-13-7-4-3-5-8-13;1-10-11(2)24-18-22-16(15-13(19)8-5-9-14(15)20)17(23(10)18)21-12-6-3-4-7-12/h5-10,24H,1-4H3;4-9,24H,1-3H3;3-9,23H,1-2H3;6,9-10,13,22H,3-5,7-8H2,1-2H3;5,8-9,12,21H,3-4,6-7H2,1-2H3. The minimum absolute atomic E-state index is 0.0474. The number of nitrogens with one attached hydrogen (secondary N) is 5. The van der Waals surface area contributed by atoms with Crippen molar-refractivity contribution in [3.05, 3.63) is 290 Å². The van der Waals surface area contributed by atoms with Crippen LogP contribution in [0.15, 0.2) is 152 Å². The fourth-order valence-electron chi connectivity index (χ4n) is 16.3. The number of nitrogens with zero attached hydrogens (tertiary/aromatic N) is 10. The van der Waals surface area contributed by atoms with Gasteiger partial charge in [0, 0.05) is 76.3 Å². The van der Waals surface area contributed by atoms with Crippen molar-refractivity contribution in [1.82, 2.24) is 46.9 Å². The molecule has 0 radical (unpaired) electrons. The van der Waals surface area contributed by atoms with Crippen molar-refractivity contribution in [3.63, 3.8) is 0 Å². The van der Waals surface area contributed by atoms with Crippen LogP contribution in [-0.4, -0.2) is 59.0 Å². The Morgan fingerprint density at radius 3 is 0.798 bits per heavy atom. The number of halogens is 12. The predicted molar refractivity (Wildman–Crippen MR) is 504 cm³/mol. The second-order valence-electron chi connectivity index (χ2n) is 32.0. The molecule has 0 saturated heterocycles. The van der Waals surface area contributed by atoms with Gasteiger partial charge in [0.2, 0.25) is 0 Å². The first-order valence-corrected chi connectivity index (χ1v) is 46.3. The summed E-state index contributed by atoms with van der Waals surface area (Å²) in [7, 11) is 0. The van der Waals surface area contributed by atoms with Crippen molar-refractivity contribution < 1.29 is 48.3 Å². The van der Waals surface area contributed by atoms with Crippen LogP contribution in [0.4, 0.5) is 94.4 Å². The number of aromatic nitrogens is 10. The van der Waals surface area contributed by atoms with Crippen molar-refractivity contribution in [2.75, 3.05) is 26.6 Å². The van der Waals surface area contributed by atoms with Crippen molar-refractivity contribution in [2.24, 2.45) is 0 Å².